The molecule has 1 aliphatic rings. The molecule has 3 aromatic rings. The number of nitrogens with zero attached hydrogens (tertiary/aromatic N) is 1. The lowest BCUT2D eigenvalue weighted by Gasteiger charge is -2.24. The second-order valence-corrected chi connectivity index (χ2v) is 10.3. The Morgan fingerprint density at radius 1 is 1.17 bits per heavy atom. The maximum atomic E-state index is 12.5. The molecule has 4 rings (SSSR count). The molecule has 30 heavy (non-hydrogen) atoms. The Morgan fingerprint density at radius 3 is 2.63 bits per heavy atom. The molecule has 1 aliphatic carbocycles. The lowest BCUT2D eigenvalue weighted by molar-refractivity contribution is 0.163. The van der Waals surface area contributed by atoms with Gasteiger partial charge in [-0.3, -0.25) is 0 Å². The maximum Gasteiger partial charge on any atom is 0.180 e. The van der Waals surface area contributed by atoms with Crippen LogP contribution in [0.3, 0.4) is 0 Å². The number of aromatic nitrogens is 2. The van der Waals surface area contributed by atoms with Crippen LogP contribution in [0.2, 0.25) is 0 Å². The molecule has 5 nitrogen and oxygen atoms in total. The van der Waals surface area contributed by atoms with Gasteiger partial charge in [0.2, 0.25) is 0 Å². The Kier molecular flexibility index (Phi) is 6.54. The first-order valence-corrected chi connectivity index (χ1v) is 12.5. The quantitative estimate of drug-likeness (QED) is 0.495. The summed E-state index contributed by atoms with van der Waals surface area (Å²) in [6.07, 6.45) is 7.74. The number of hydrogen-bond donors (Lipinski definition) is 1. The number of hydrogen-bond acceptors (Lipinski definition) is 4. The standard InChI is InChI=1S/C24H30N2O3S/c1-2-29-14-15-30(27,28)22-11-9-19(10-12-22)23(18-6-3-4-7-18)17-21-16-20-8-5-13-25-24(20)26-21/h5,8-13,16,18,23H,2-4,6-7,14-15,17H2,1H3,(H,25,26). The zero-order valence-electron chi connectivity index (χ0n) is 17.5. The van der Waals surface area contributed by atoms with E-state index in [1.165, 1.54) is 36.9 Å². The Bertz CT molecular complexity index is 1030. The number of rotatable bonds is 9. The molecule has 160 valence electrons. The second kappa shape index (κ2) is 9.31. The molecule has 1 N–H and O–H groups in total. The molecule has 2 aromatic heterocycles. The number of nitrogens with one attached hydrogen (secondary N) is 1. The van der Waals surface area contributed by atoms with Crippen LogP contribution in [0.15, 0.2) is 53.6 Å². The van der Waals surface area contributed by atoms with E-state index in [1.807, 2.05) is 31.3 Å². The molecule has 0 amide bonds. The van der Waals surface area contributed by atoms with E-state index < -0.39 is 9.84 Å². The summed E-state index contributed by atoms with van der Waals surface area (Å²) in [4.78, 5) is 8.26. The minimum absolute atomic E-state index is 0.0221. The third-order valence-electron chi connectivity index (χ3n) is 6.22. The van der Waals surface area contributed by atoms with Crippen LogP contribution in [0.1, 0.15) is 49.8 Å². The van der Waals surface area contributed by atoms with Gasteiger partial charge in [-0.05, 0) is 73.9 Å². The van der Waals surface area contributed by atoms with E-state index in [1.54, 1.807) is 12.1 Å². The number of aromatic amines is 1. The minimum Gasteiger partial charge on any atom is -0.381 e. The molecular formula is C24H30N2O3S. The van der Waals surface area contributed by atoms with Crippen molar-refractivity contribution in [2.45, 2.75) is 49.8 Å². The van der Waals surface area contributed by atoms with Crippen LogP contribution < -0.4 is 0 Å². The van der Waals surface area contributed by atoms with Gasteiger partial charge >= 0.3 is 0 Å². The van der Waals surface area contributed by atoms with Crippen LogP contribution in [-0.2, 0) is 21.0 Å². The van der Waals surface area contributed by atoms with Gasteiger partial charge < -0.3 is 9.72 Å². The number of fused-ring (bicyclic) bond motifs is 1. The zero-order valence-corrected chi connectivity index (χ0v) is 18.3. The molecule has 0 spiro atoms. The largest absolute Gasteiger partial charge is 0.381 e. The minimum atomic E-state index is -3.31. The van der Waals surface area contributed by atoms with Crippen LogP contribution in [0.25, 0.3) is 11.0 Å². The van der Waals surface area contributed by atoms with Gasteiger partial charge in [-0.1, -0.05) is 25.0 Å². The summed E-state index contributed by atoms with van der Waals surface area (Å²) >= 11 is 0. The van der Waals surface area contributed by atoms with Gasteiger partial charge in [-0.15, -0.1) is 0 Å². The van der Waals surface area contributed by atoms with E-state index in [0.29, 0.717) is 23.3 Å². The number of H-pyrrole nitrogens is 1. The number of benzene rings is 1. The average Bonchev–Trinajstić information content (AvgIpc) is 3.42. The van der Waals surface area contributed by atoms with E-state index >= 15 is 0 Å². The van der Waals surface area contributed by atoms with Gasteiger partial charge in [-0.2, -0.15) is 0 Å². The predicted octanol–water partition coefficient (Wildman–Crippen LogP) is 4.89. The lowest BCUT2D eigenvalue weighted by atomic mass is 9.82. The summed E-state index contributed by atoms with van der Waals surface area (Å²) in [5.74, 6) is 1.03. The van der Waals surface area contributed by atoms with E-state index in [4.69, 9.17) is 4.74 Å². The number of sulfone groups is 1. The van der Waals surface area contributed by atoms with E-state index in [-0.39, 0.29) is 12.4 Å². The summed E-state index contributed by atoms with van der Waals surface area (Å²) in [6, 6.07) is 13.8. The van der Waals surface area contributed by atoms with E-state index in [2.05, 4.69) is 22.1 Å². The first kappa shape index (κ1) is 21.1. The van der Waals surface area contributed by atoms with Crippen LogP contribution >= 0.6 is 0 Å². The molecule has 0 radical (unpaired) electrons. The van der Waals surface area contributed by atoms with E-state index in [0.717, 1.165) is 17.5 Å². The SMILES string of the molecule is CCOCCS(=O)(=O)c1ccc(C(Cc2cc3cccnc3[nH]2)C2CCCC2)cc1. The highest BCUT2D eigenvalue weighted by molar-refractivity contribution is 7.91. The molecular weight excluding hydrogens is 396 g/mol. The van der Waals surface area contributed by atoms with Crippen LogP contribution in [-0.4, -0.2) is 37.4 Å². The topological polar surface area (TPSA) is 72.1 Å². The van der Waals surface area contributed by atoms with Crippen molar-refractivity contribution in [1.29, 1.82) is 0 Å². The second-order valence-electron chi connectivity index (χ2n) is 8.18. The van der Waals surface area contributed by atoms with Crippen molar-refractivity contribution in [2.75, 3.05) is 19.0 Å². The third-order valence-corrected chi connectivity index (χ3v) is 7.92. The molecule has 6 heteroatoms. The molecule has 0 saturated heterocycles. The summed E-state index contributed by atoms with van der Waals surface area (Å²) in [5, 5.41) is 1.13. The van der Waals surface area contributed by atoms with E-state index in [9.17, 15) is 8.42 Å². The molecule has 1 aromatic carbocycles. The highest BCUT2D eigenvalue weighted by atomic mass is 32.2. The van der Waals surface area contributed by atoms with Gasteiger partial charge in [0.15, 0.2) is 9.84 Å². The first-order chi connectivity index (χ1) is 14.6. The van der Waals surface area contributed by atoms with Gasteiger partial charge in [0.1, 0.15) is 5.65 Å². The van der Waals surface area contributed by atoms with Crippen molar-refractivity contribution in [1.82, 2.24) is 9.97 Å². The number of pyridine rings is 1. The van der Waals surface area contributed by atoms with Crippen LogP contribution in [0.5, 0.6) is 0 Å². The fourth-order valence-corrected chi connectivity index (χ4v) is 5.75. The highest BCUT2D eigenvalue weighted by Gasteiger charge is 2.27. The summed E-state index contributed by atoms with van der Waals surface area (Å²) < 4.78 is 30.3. The Morgan fingerprint density at radius 2 is 1.93 bits per heavy atom. The fraction of sp³-hybridized carbons (Fsp3) is 0.458. The molecule has 1 atom stereocenters. The van der Waals surface area contributed by atoms with Crippen molar-refractivity contribution in [3.05, 3.63) is 59.9 Å². The first-order valence-electron chi connectivity index (χ1n) is 10.9. The van der Waals surface area contributed by atoms with Crippen molar-refractivity contribution in [3.8, 4) is 0 Å². The molecule has 0 bridgehead atoms. The monoisotopic (exact) mass is 426 g/mol. The van der Waals surface area contributed by atoms with Crippen molar-refractivity contribution >= 4 is 20.9 Å². The molecule has 1 fully saturated rings. The zero-order chi connectivity index (χ0) is 21.0. The van der Waals surface area contributed by atoms with Crippen molar-refractivity contribution in [2.24, 2.45) is 5.92 Å². The average molecular weight is 427 g/mol. The normalized spacial score (nSPS) is 16.3. The summed E-state index contributed by atoms with van der Waals surface area (Å²) in [5.41, 5.74) is 3.33. The number of ether oxygens (including phenoxy) is 1. The van der Waals surface area contributed by atoms with Gasteiger partial charge in [0.25, 0.3) is 0 Å². The summed E-state index contributed by atoms with van der Waals surface area (Å²) in [6.45, 7) is 2.63. The predicted molar refractivity (Wildman–Crippen MR) is 119 cm³/mol. The van der Waals surface area contributed by atoms with Gasteiger partial charge in [0.05, 0.1) is 17.3 Å². The van der Waals surface area contributed by atoms with Crippen molar-refractivity contribution in [3.63, 3.8) is 0 Å². The smallest absolute Gasteiger partial charge is 0.180 e. The van der Waals surface area contributed by atoms with Crippen LogP contribution in [0.4, 0.5) is 0 Å². The Hall–Kier alpha value is -2.18. The molecule has 1 saturated carbocycles. The third kappa shape index (κ3) is 4.76. The van der Waals surface area contributed by atoms with Gasteiger partial charge in [0, 0.05) is 23.9 Å². The Balaban J connectivity index is 1.56. The maximum absolute atomic E-state index is 12.5. The van der Waals surface area contributed by atoms with Crippen LogP contribution in [0, 0.1) is 5.92 Å². The molecule has 2 heterocycles. The van der Waals surface area contributed by atoms with Gasteiger partial charge in [-0.25, -0.2) is 13.4 Å². The van der Waals surface area contributed by atoms with Crippen molar-refractivity contribution < 1.29 is 13.2 Å². The molecule has 0 aliphatic heterocycles. The fourth-order valence-electron chi connectivity index (χ4n) is 4.63. The Labute approximate surface area is 178 Å². The molecule has 1 unspecified atom stereocenters. The highest BCUT2D eigenvalue weighted by Crippen LogP contribution is 2.39. The summed E-state index contributed by atoms with van der Waals surface area (Å²) in [7, 11) is -3.31. The lowest BCUT2D eigenvalue weighted by Crippen LogP contribution is -2.15.